The second-order valence-corrected chi connectivity index (χ2v) is 4.89. The molecule has 2 rings (SSSR count). The monoisotopic (exact) mass is 254 g/mol. The number of carbonyl (C=O) groups is 2. The maximum atomic E-state index is 11.4. The first-order valence-corrected chi connectivity index (χ1v) is 6.08. The largest absolute Gasteiger partial charge is 0.481 e. The van der Waals surface area contributed by atoms with Crippen molar-refractivity contribution in [3.05, 3.63) is 12.7 Å². The first-order chi connectivity index (χ1) is 8.60. The fourth-order valence-corrected chi connectivity index (χ4v) is 2.30. The van der Waals surface area contributed by atoms with Gasteiger partial charge in [-0.2, -0.15) is 0 Å². The molecule has 0 spiro atoms. The van der Waals surface area contributed by atoms with Crippen LogP contribution in [0.5, 0.6) is 0 Å². The number of carboxylic acid groups (broad SMARTS) is 1. The second-order valence-electron chi connectivity index (χ2n) is 4.89. The summed E-state index contributed by atoms with van der Waals surface area (Å²) in [6.07, 6.45) is 1.25. The van der Waals surface area contributed by atoms with E-state index < -0.39 is 5.97 Å². The van der Waals surface area contributed by atoms with Gasteiger partial charge in [0.2, 0.25) is 0 Å². The Morgan fingerprint density at radius 1 is 1.33 bits per heavy atom. The van der Waals surface area contributed by atoms with Crippen LogP contribution in [0.25, 0.3) is 0 Å². The number of amides is 1. The average molecular weight is 254 g/mol. The van der Waals surface area contributed by atoms with E-state index in [4.69, 9.17) is 9.84 Å². The molecule has 0 atom stereocenters. The number of hydrogen-bond acceptors (Lipinski definition) is 4. The Morgan fingerprint density at radius 3 is 2.56 bits per heavy atom. The van der Waals surface area contributed by atoms with Gasteiger partial charge in [-0.05, 0) is 0 Å². The summed E-state index contributed by atoms with van der Waals surface area (Å²) in [4.78, 5) is 25.8. The molecule has 2 fully saturated rings. The zero-order valence-electron chi connectivity index (χ0n) is 10.2. The van der Waals surface area contributed by atoms with E-state index in [1.165, 1.54) is 0 Å². The molecule has 1 N–H and O–H groups in total. The molecule has 2 aliphatic heterocycles. The predicted octanol–water partition coefficient (Wildman–Crippen LogP) is 0.257. The van der Waals surface area contributed by atoms with Gasteiger partial charge in [0.1, 0.15) is 6.61 Å². The van der Waals surface area contributed by atoms with Gasteiger partial charge in [-0.3, -0.25) is 4.79 Å². The van der Waals surface area contributed by atoms with Gasteiger partial charge in [0.15, 0.2) is 0 Å². The molecule has 0 aliphatic carbocycles. The molecule has 18 heavy (non-hydrogen) atoms. The van der Waals surface area contributed by atoms with Crippen LogP contribution in [0.4, 0.5) is 4.79 Å². The molecule has 0 bridgehead atoms. The molecule has 2 aliphatic rings. The number of rotatable bonds is 5. The van der Waals surface area contributed by atoms with E-state index >= 15 is 0 Å². The van der Waals surface area contributed by atoms with Gasteiger partial charge in [-0.1, -0.05) is 12.7 Å². The highest BCUT2D eigenvalue weighted by molar-refractivity contribution is 5.71. The summed E-state index contributed by atoms with van der Waals surface area (Å²) >= 11 is 0. The third-order valence-corrected chi connectivity index (χ3v) is 3.36. The molecule has 0 unspecified atom stereocenters. The van der Waals surface area contributed by atoms with E-state index in [2.05, 4.69) is 11.5 Å². The van der Waals surface area contributed by atoms with Crippen molar-refractivity contribution in [3.8, 4) is 0 Å². The highest BCUT2D eigenvalue weighted by atomic mass is 16.6. The number of carboxylic acids is 1. The van der Waals surface area contributed by atoms with E-state index in [1.54, 1.807) is 11.0 Å². The highest BCUT2D eigenvalue weighted by Crippen LogP contribution is 2.22. The number of ether oxygens (including phenoxy) is 1. The van der Waals surface area contributed by atoms with E-state index in [0.717, 1.165) is 6.54 Å². The van der Waals surface area contributed by atoms with Gasteiger partial charge >= 0.3 is 12.1 Å². The maximum absolute atomic E-state index is 11.4. The van der Waals surface area contributed by atoms with Crippen LogP contribution in [-0.2, 0) is 9.53 Å². The maximum Gasteiger partial charge on any atom is 0.410 e. The van der Waals surface area contributed by atoms with Crippen molar-refractivity contribution in [2.45, 2.75) is 0 Å². The number of carbonyl (C=O) groups excluding carboxylic acids is 1. The summed E-state index contributed by atoms with van der Waals surface area (Å²) < 4.78 is 4.91. The SMILES string of the molecule is C=CCOC(=O)N1CC(CN2CC(C(=O)O)C2)C1. The molecule has 6 nitrogen and oxygen atoms in total. The molecule has 2 saturated heterocycles. The Labute approximate surface area is 106 Å². The molecular formula is C12H18N2O4. The van der Waals surface area contributed by atoms with Gasteiger partial charge in [0.25, 0.3) is 0 Å². The molecule has 0 aromatic heterocycles. The van der Waals surface area contributed by atoms with Crippen molar-refractivity contribution in [2.24, 2.45) is 11.8 Å². The molecule has 0 radical (unpaired) electrons. The molecule has 0 saturated carbocycles. The van der Waals surface area contributed by atoms with Crippen LogP contribution in [0, 0.1) is 11.8 Å². The first kappa shape index (κ1) is 12.9. The fourth-order valence-electron chi connectivity index (χ4n) is 2.30. The predicted molar refractivity (Wildman–Crippen MR) is 64.2 cm³/mol. The summed E-state index contributed by atoms with van der Waals surface area (Å²) in [5.74, 6) is -0.482. The normalized spacial score (nSPS) is 21.0. The van der Waals surface area contributed by atoms with Crippen molar-refractivity contribution in [1.29, 1.82) is 0 Å². The van der Waals surface area contributed by atoms with Crippen LogP contribution in [0.1, 0.15) is 0 Å². The fraction of sp³-hybridized carbons (Fsp3) is 0.667. The lowest BCUT2D eigenvalue weighted by Crippen LogP contribution is -2.58. The third-order valence-electron chi connectivity index (χ3n) is 3.36. The van der Waals surface area contributed by atoms with E-state index in [0.29, 0.717) is 32.1 Å². The minimum atomic E-state index is -0.713. The van der Waals surface area contributed by atoms with Crippen LogP contribution < -0.4 is 0 Å². The summed E-state index contributed by atoms with van der Waals surface area (Å²) in [6, 6.07) is 0. The van der Waals surface area contributed by atoms with Crippen molar-refractivity contribution in [1.82, 2.24) is 9.80 Å². The van der Waals surface area contributed by atoms with Crippen LogP contribution in [0.3, 0.4) is 0 Å². The Kier molecular flexibility index (Phi) is 3.86. The quantitative estimate of drug-likeness (QED) is 0.712. The van der Waals surface area contributed by atoms with E-state index in [9.17, 15) is 9.59 Å². The number of likely N-dealkylation sites (tertiary alicyclic amines) is 2. The number of hydrogen-bond donors (Lipinski definition) is 1. The molecular weight excluding hydrogens is 236 g/mol. The lowest BCUT2D eigenvalue weighted by Gasteiger charge is -2.44. The van der Waals surface area contributed by atoms with E-state index in [-0.39, 0.29) is 18.6 Å². The van der Waals surface area contributed by atoms with Gasteiger partial charge in [0, 0.05) is 38.6 Å². The lowest BCUT2D eigenvalue weighted by molar-refractivity contribution is -0.148. The Hall–Kier alpha value is -1.56. The number of nitrogens with zero attached hydrogens (tertiary/aromatic N) is 2. The Balaban J connectivity index is 1.58. The molecule has 0 aromatic rings. The Morgan fingerprint density at radius 2 is 2.00 bits per heavy atom. The summed E-state index contributed by atoms with van der Waals surface area (Å²) in [5.41, 5.74) is 0. The molecule has 100 valence electrons. The van der Waals surface area contributed by atoms with Crippen molar-refractivity contribution < 1.29 is 19.4 Å². The molecule has 0 aromatic carbocycles. The second kappa shape index (κ2) is 5.39. The van der Waals surface area contributed by atoms with Crippen molar-refractivity contribution in [2.75, 3.05) is 39.3 Å². The third kappa shape index (κ3) is 2.81. The van der Waals surface area contributed by atoms with Crippen LogP contribution in [0.2, 0.25) is 0 Å². The summed E-state index contributed by atoms with van der Waals surface area (Å²) in [6.45, 7) is 7.25. The molecule has 2 heterocycles. The first-order valence-electron chi connectivity index (χ1n) is 6.08. The highest BCUT2D eigenvalue weighted by Gasteiger charge is 2.38. The van der Waals surface area contributed by atoms with Crippen LogP contribution in [-0.4, -0.2) is 66.3 Å². The minimum absolute atomic E-state index is 0.210. The van der Waals surface area contributed by atoms with Crippen molar-refractivity contribution >= 4 is 12.1 Å². The minimum Gasteiger partial charge on any atom is -0.481 e. The summed E-state index contributed by atoms with van der Waals surface area (Å²) in [5, 5.41) is 8.75. The van der Waals surface area contributed by atoms with Crippen molar-refractivity contribution in [3.63, 3.8) is 0 Å². The Bertz CT molecular complexity index is 346. The smallest absolute Gasteiger partial charge is 0.410 e. The molecule has 6 heteroatoms. The topological polar surface area (TPSA) is 70.1 Å². The van der Waals surface area contributed by atoms with Crippen LogP contribution in [0.15, 0.2) is 12.7 Å². The zero-order valence-corrected chi connectivity index (χ0v) is 10.2. The van der Waals surface area contributed by atoms with Gasteiger partial charge in [-0.25, -0.2) is 4.79 Å². The average Bonchev–Trinajstić information content (AvgIpc) is 2.20. The van der Waals surface area contributed by atoms with Gasteiger partial charge in [-0.15, -0.1) is 0 Å². The molecule has 1 amide bonds. The zero-order chi connectivity index (χ0) is 13.1. The van der Waals surface area contributed by atoms with Gasteiger partial charge < -0.3 is 19.6 Å². The summed E-state index contributed by atoms with van der Waals surface area (Å²) in [7, 11) is 0. The van der Waals surface area contributed by atoms with Gasteiger partial charge in [0.05, 0.1) is 5.92 Å². The van der Waals surface area contributed by atoms with E-state index in [1.807, 2.05) is 0 Å². The standard InChI is InChI=1S/C12H18N2O4/c1-2-3-18-12(17)14-5-9(6-14)4-13-7-10(8-13)11(15)16/h2,9-10H,1,3-8H2,(H,15,16). The number of aliphatic carboxylic acids is 1. The van der Waals surface area contributed by atoms with Crippen LogP contribution >= 0.6 is 0 Å². The lowest BCUT2D eigenvalue weighted by atomic mass is 9.94.